The summed E-state index contributed by atoms with van der Waals surface area (Å²) in [5.41, 5.74) is 1.98. The molecule has 2 heterocycles. The van der Waals surface area contributed by atoms with Crippen molar-refractivity contribution in [3.8, 4) is 0 Å². The van der Waals surface area contributed by atoms with E-state index < -0.39 is 0 Å². The van der Waals surface area contributed by atoms with Crippen LogP contribution in [0.5, 0.6) is 0 Å². The Labute approximate surface area is 129 Å². The van der Waals surface area contributed by atoms with Gasteiger partial charge in [0.15, 0.2) is 0 Å². The van der Waals surface area contributed by atoms with Gasteiger partial charge in [0.05, 0.1) is 11.1 Å². The van der Waals surface area contributed by atoms with Gasteiger partial charge in [0, 0.05) is 37.3 Å². The highest BCUT2D eigenvalue weighted by Crippen LogP contribution is 2.21. The monoisotopic (exact) mass is 301 g/mol. The fraction of sp³-hybridized carbons (Fsp3) is 0.412. The molecule has 1 amide bonds. The number of carbonyl (C=O) groups excluding carboxylic acids is 1. The lowest BCUT2D eigenvalue weighted by atomic mass is 10.1. The second-order valence-electron chi connectivity index (χ2n) is 5.70. The van der Waals surface area contributed by atoms with Crippen LogP contribution in [0, 0.1) is 12.7 Å². The van der Waals surface area contributed by atoms with E-state index in [1.807, 2.05) is 11.8 Å². The number of carbonyl (C=O) groups is 1. The minimum Gasteiger partial charge on any atom is -0.336 e. The molecule has 1 aliphatic heterocycles. The van der Waals surface area contributed by atoms with Gasteiger partial charge in [-0.2, -0.15) is 0 Å². The number of rotatable bonds is 2. The standard InChI is InChI=1S/C17H20FN3O/c1-3-20-6-8-21(9-7-20)17(22)15-10-12(2)19-16-5-4-13(18)11-14(15)16/h4-5,10-11H,3,6-9H2,1-2H3. The fourth-order valence-electron chi connectivity index (χ4n) is 2.94. The van der Waals surface area contributed by atoms with E-state index in [1.165, 1.54) is 12.1 Å². The Morgan fingerprint density at radius 3 is 2.64 bits per heavy atom. The molecule has 1 saturated heterocycles. The van der Waals surface area contributed by atoms with Crippen LogP contribution in [0.3, 0.4) is 0 Å². The van der Waals surface area contributed by atoms with Gasteiger partial charge in [-0.1, -0.05) is 6.92 Å². The highest BCUT2D eigenvalue weighted by atomic mass is 19.1. The summed E-state index contributed by atoms with van der Waals surface area (Å²) in [4.78, 5) is 21.4. The van der Waals surface area contributed by atoms with Gasteiger partial charge >= 0.3 is 0 Å². The molecule has 2 aromatic rings. The van der Waals surface area contributed by atoms with E-state index in [2.05, 4.69) is 16.8 Å². The number of benzene rings is 1. The lowest BCUT2D eigenvalue weighted by Gasteiger charge is -2.34. The summed E-state index contributed by atoms with van der Waals surface area (Å²) in [6.07, 6.45) is 0. The maximum Gasteiger partial charge on any atom is 0.254 e. The number of aromatic nitrogens is 1. The number of aryl methyl sites for hydroxylation is 1. The first kappa shape index (κ1) is 14.9. The number of hydrogen-bond donors (Lipinski definition) is 0. The summed E-state index contributed by atoms with van der Waals surface area (Å²) < 4.78 is 13.6. The van der Waals surface area contributed by atoms with E-state index in [1.54, 1.807) is 12.1 Å². The number of halogens is 1. The van der Waals surface area contributed by atoms with Crippen LogP contribution in [0.1, 0.15) is 23.0 Å². The van der Waals surface area contributed by atoms with Crippen LogP contribution in [-0.4, -0.2) is 53.4 Å². The van der Waals surface area contributed by atoms with Gasteiger partial charge in [-0.25, -0.2) is 4.39 Å². The van der Waals surface area contributed by atoms with Crippen LogP contribution in [-0.2, 0) is 0 Å². The summed E-state index contributed by atoms with van der Waals surface area (Å²) in [5.74, 6) is -0.375. The fourth-order valence-corrected chi connectivity index (χ4v) is 2.94. The Morgan fingerprint density at radius 2 is 1.95 bits per heavy atom. The van der Waals surface area contributed by atoms with Gasteiger partial charge in [0.2, 0.25) is 0 Å². The first-order chi connectivity index (χ1) is 10.6. The molecule has 0 unspecified atom stereocenters. The van der Waals surface area contributed by atoms with Crippen molar-refractivity contribution in [2.24, 2.45) is 0 Å². The predicted octanol–water partition coefficient (Wildman–Crippen LogP) is 2.46. The summed E-state index contributed by atoms with van der Waals surface area (Å²) in [6.45, 7) is 8.19. The van der Waals surface area contributed by atoms with Crippen molar-refractivity contribution < 1.29 is 9.18 Å². The number of likely N-dealkylation sites (N-methyl/N-ethyl adjacent to an activating group) is 1. The van der Waals surface area contributed by atoms with Crippen molar-refractivity contribution in [2.75, 3.05) is 32.7 Å². The quantitative estimate of drug-likeness (QED) is 0.855. The van der Waals surface area contributed by atoms with Gasteiger partial charge in [0.1, 0.15) is 5.82 Å². The third-order valence-electron chi connectivity index (χ3n) is 4.24. The zero-order valence-corrected chi connectivity index (χ0v) is 13.0. The lowest BCUT2D eigenvalue weighted by Crippen LogP contribution is -2.48. The van der Waals surface area contributed by atoms with E-state index in [0.717, 1.165) is 25.3 Å². The molecule has 0 saturated carbocycles. The molecular formula is C17H20FN3O. The van der Waals surface area contributed by atoms with E-state index in [0.29, 0.717) is 29.6 Å². The molecule has 1 fully saturated rings. The van der Waals surface area contributed by atoms with Gasteiger partial charge in [-0.15, -0.1) is 0 Å². The van der Waals surface area contributed by atoms with Gasteiger partial charge < -0.3 is 9.80 Å². The van der Waals surface area contributed by atoms with Crippen molar-refractivity contribution in [3.05, 3.63) is 41.3 Å². The van der Waals surface area contributed by atoms with E-state index in [9.17, 15) is 9.18 Å². The minimum absolute atomic E-state index is 0.0307. The highest BCUT2D eigenvalue weighted by molar-refractivity contribution is 6.06. The molecule has 0 spiro atoms. The van der Waals surface area contributed by atoms with Crippen molar-refractivity contribution in [3.63, 3.8) is 0 Å². The third-order valence-corrected chi connectivity index (χ3v) is 4.24. The number of fused-ring (bicyclic) bond motifs is 1. The average Bonchev–Trinajstić information content (AvgIpc) is 2.54. The molecular weight excluding hydrogens is 281 g/mol. The molecule has 0 N–H and O–H groups in total. The third kappa shape index (κ3) is 2.81. The second-order valence-corrected chi connectivity index (χ2v) is 5.70. The Morgan fingerprint density at radius 1 is 1.23 bits per heavy atom. The van der Waals surface area contributed by atoms with Gasteiger partial charge in [-0.3, -0.25) is 9.78 Å². The van der Waals surface area contributed by atoms with E-state index in [-0.39, 0.29) is 11.7 Å². The van der Waals surface area contributed by atoms with Crippen LogP contribution in [0.2, 0.25) is 0 Å². The summed E-state index contributed by atoms with van der Waals surface area (Å²) in [7, 11) is 0. The molecule has 1 aromatic heterocycles. The molecule has 0 atom stereocenters. The SMILES string of the molecule is CCN1CCN(C(=O)c2cc(C)nc3ccc(F)cc23)CC1. The van der Waals surface area contributed by atoms with Crippen LogP contribution in [0.15, 0.2) is 24.3 Å². The molecule has 22 heavy (non-hydrogen) atoms. The predicted molar refractivity (Wildman–Crippen MR) is 84.5 cm³/mol. The number of amides is 1. The van der Waals surface area contributed by atoms with Gasteiger partial charge in [-0.05, 0) is 37.7 Å². The topological polar surface area (TPSA) is 36.4 Å². The van der Waals surface area contributed by atoms with Crippen LogP contribution in [0.25, 0.3) is 10.9 Å². The largest absolute Gasteiger partial charge is 0.336 e. The van der Waals surface area contributed by atoms with E-state index in [4.69, 9.17) is 0 Å². The summed E-state index contributed by atoms with van der Waals surface area (Å²) >= 11 is 0. The summed E-state index contributed by atoms with van der Waals surface area (Å²) in [6, 6.07) is 6.17. The number of hydrogen-bond acceptors (Lipinski definition) is 3. The smallest absolute Gasteiger partial charge is 0.254 e. The molecule has 1 aromatic carbocycles. The molecule has 1 aliphatic rings. The summed E-state index contributed by atoms with van der Waals surface area (Å²) in [5, 5.41) is 0.591. The zero-order chi connectivity index (χ0) is 15.7. The molecule has 5 heteroatoms. The Kier molecular flexibility index (Phi) is 4.07. The number of piperazine rings is 1. The molecule has 3 rings (SSSR count). The maximum absolute atomic E-state index is 13.6. The molecule has 0 radical (unpaired) electrons. The number of pyridine rings is 1. The van der Waals surface area contributed by atoms with Crippen molar-refractivity contribution >= 4 is 16.8 Å². The normalized spacial score (nSPS) is 16.2. The molecule has 0 bridgehead atoms. The first-order valence-electron chi connectivity index (χ1n) is 7.67. The second kappa shape index (κ2) is 6.01. The van der Waals surface area contributed by atoms with Crippen LogP contribution < -0.4 is 0 Å². The first-order valence-corrected chi connectivity index (χ1v) is 7.67. The average molecular weight is 301 g/mol. The van der Waals surface area contributed by atoms with E-state index >= 15 is 0 Å². The van der Waals surface area contributed by atoms with Crippen LogP contribution in [0.4, 0.5) is 4.39 Å². The Balaban J connectivity index is 1.95. The Hall–Kier alpha value is -2.01. The maximum atomic E-state index is 13.6. The molecule has 116 valence electrons. The van der Waals surface area contributed by atoms with Crippen molar-refractivity contribution in [2.45, 2.75) is 13.8 Å². The Bertz CT molecular complexity index is 708. The zero-order valence-electron chi connectivity index (χ0n) is 13.0. The number of nitrogens with zero attached hydrogens (tertiary/aromatic N) is 3. The van der Waals surface area contributed by atoms with Gasteiger partial charge in [0.25, 0.3) is 5.91 Å². The van der Waals surface area contributed by atoms with Crippen molar-refractivity contribution in [1.82, 2.24) is 14.8 Å². The highest BCUT2D eigenvalue weighted by Gasteiger charge is 2.23. The molecule has 4 nitrogen and oxygen atoms in total. The lowest BCUT2D eigenvalue weighted by molar-refractivity contribution is 0.0645. The van der Waals surface area contributed by atoms with Crippen LogP contribution >= 0.6 is 0 Å². The molecule has 0 aliphatic carbocycles. The van der Waals surface area contributed by atoms with Crippen molar-refractivity contribution in [1.29, 1.82) is 0 Å². The minimum atomic E-state index is -0.344.